The van der Waals surface area contributed by atoms with Crippen LogP contribution in [0.2, 0.25) is 10.2 Å². The molecule has 0 saturated carbocycles. The fraction of sp³-hybridized carbons (Fsp3) is 0.333. The number of thiazole rings is 1. The van der Waals surface area contributed by atoms with Crippen LogP contribution in [0.1, 0.15) is 11.1 Å². The van der Waals surface area contributed by atoms with Gasteiger partial charge in [0.15, 0.2) is 5.13 Å². The zero-order chi connectivity index (χ0) is 17.4. The Hall–Kier alpha value is -1.40. The maximum atomic E-state index is 6.33. The summed E-state index contributed by atoms with van der Waals surface area (Å²) in [7, 11) is 0. The van der Waals surface area contributed by atoms with E-state index in [1.54, 1.807) is 11.3 Å². The number of hydrogen-bond donors (Lipinski definition) is 0. The number of benzene rings is 1. The standard InChI is InChI=1S/C18H18Cl2N4S/c1-12-2-4-14(19)17-16(12)22-18(25-17)24-8-6-23(7-9-24)11-13-3-5-15(20)21-10-13/h2-5,10H,6-9,11H2,1H3. The van der Waals surface area contributed by atoms with Gasteiger partial charge in [-0.15, -0.1) is 0 Å². The van der Waals surface area contributed by atoms with E-state index in [9.17, 15) is 0 Å². The van der Waals surface area contributed by atoms with E-state index in [-0.39, 0.29) is 0 Å². The minimum Gasteiger partial charge on any atom is -0.345 e. The molecule has 1 saturated heterocycles. The summed E-state index contributed by atoms with van der Waals surface area (Å²) in [4.78, 5) is 13.8. The molecule has 0 unspecified atom stereocenters. The Labute approximate surface area is 161 Å². The molecule has 25 heavy (non-hydrogen) atoms. The van der Waals surface area contributed by atoms with Crippen molar-refractivity contribution in [2.24, 2.45) is 0 Å². The molecule has 0 N–H and O–H groups in total. The number of rotatable bonds is 3. The second-order valence-electron chi connectivity index (χ2n) is 6.29. The van der Waals surface area contributed by atoms with Crippen LogP contribution in [0, 0.1) is 6.92 Å². The lowest BCUT2D eigenvalue weighted by Crippen LogP contribution is -2.45. The van der Waals surface area contributed by atoms with Crippen molar-refractivity contribution in [1.82, 2.24) is 14.9 Å². The Bertz CT molecular complexity index is 847. The molecule has 0 bridgehead atoms. The Kier molecular flexibility index (Phi) is 4.82. The first-order valence-electron chi connectivity index (χ1n) is 8.23. The van der Waals surface area contributed by atoms with Gasteiger partial charge in [-0.3, -0.25) is 4.90 Å². The van der Waals surface area contributed by atoms with Crippen molar-refractivity contribution in [3.63, 3.8) is 0 Å². The molecule has 0 amide bonds. The number of halogens is 2. The first-order valence-corrected chi connectivity index (χ1v) is 9.81. The van der Waals surface area contributed by atoms with Gasteiger partial charge in [-0.05, 0) is 30.2 Å². The molecule has 0 atom stereocenters. The van der Waals surface area contributed by atoms with Gasteiger partial charge in [0.05, 0.1) is 15.2 Å². The second kappa shape index (κ2) is 7.08. The van der Waals surface area contributed by atoms with Crippen molar-refractivity contribution in [2.75, 3.05) is 31.1 Å². The van der Waals surface area contributed by atoms with Crippen molar-refractivity contribution < 1.29 is 0 Å². The number of hydrogen-bond acceptors (Lipinski definition) is 5. The maximum absolute atomic E-state index is 6.33. The fourth-order valence-electron chi connectivity index (χ4n) is 3.08. The third kappa shape index (κ3) is 3.60. The molecule has 0 radical (unpaired) electrons. The van der Waals surface area contributed by atoms with Crippen LogP contribution < -0.4 is 4.90 Å². The lowest BCUT2D eigenvalue weighted by molar-refractivity contribution is 0.249. The Morgan fingerprint density at radius 3 is 2.56 bits per heavy atom. The van der Waals surface area contributed by atoms with Crippen molar-refractivity contribution in [3.8, 4) is 0 Å². The highest BCUT2D eigenvalue weighted by Crippen LogP contribution is 2.35. The van der Waals surface area contributed by atoms with Crippen molar-refractivity contribution in [2.45, 2.75) is 13.5 Å². The highest BCUT2D eigenvalue weighted by Gasteiger charge is 2.21. The van der Waals surface area contributed by atoms with E-state index in [1.165, 1.54) is 11.1 Å². The van der Waals surface area contributed by atoms with Crippen LogP contribution in [-0.2, 0) is 6.54 Å². The number of pyridine rings is 1. The molecule has 3 heterocycles. The summed E-state index contributed by atoms with van der Waals surface area (Å²) < 4.78 is 1.09. The summed E-state index contributed by atoms with van der Waals surface area (Å²) in [6.45, 7) is 6.94. The maximum Gasteiger partial charge on any atom is 0.186 e. The third-order valence-electron chi connectivity index (χ3n) is 4.52. The number of anilines is 1. The summed E-state index contributed by atoms with van der Waals surface area (Å²) in [6.07, 6.45) is 1.85. The Balaban J connectivity index is 1.44. The van der Waals surface area contributed by atoms with Gasteiger partial charge >= 0.3 is 0 Å². The van der Waals surface area contributed by atoms with Gasteiger partial charge in [0.25, 0.3) is 0 Å². The minimum atomic E-state index is 0.540. The molecular formula is C18H18Cl2N4S. The second-order valence-corrected chi connectivity index (χ2v) is 8.06. The number of piperazine rings is 1. The summed E-state index contributed by atoms with van der Waals surface area (Å²) in [5, 5.41) is 2.40. The van der Waals surface area contributed by atoms with Crippen LogP contribution >= 0.6 is 34.5 Å². The smallest absolute Gasteiger partial charge is 0.186 e. The minimum absolute atomic E-state index is 0.540. The Morgan fingerprint density at radius 2 is 1.88 bits per heavy atom. The lowest BCUT2D eigenvalue weighted by atomic mass is 10.2. The first kappa shape index (κ1) is 17.0. The molecular weight excluding hydrogens is 375 g/mol. The summed E-state index contributed by atoms with van der Waals surface area (Å²) in [6, 6.07) is 7.88. The van der Waals surface area contributed by atoms with E-state index in [4.69, 9.17) is 28.2 Å². The van der Waals surface area contributed by atoms with Gasteiger partial charge < -0.3 is 4.90 Å². The van der Waals surface area contributed by atoms with Crippen LogP contribution in [-0.4, -0.2) is 41.0 Å². The van der Waals surface area contributed by atoms with Crippen LogP contribution in [0.15, 0.2) is 30.5 Å². The van der Waals surface area contributed by atoms with Crippen molar-refractivity contribution in [3.05, 3.63) is 51.8 Å². The fourth-order valence-corrected chi connectivity index (χ4v) is 4.56. The van der Waals surface area contributed by atoms with Gasteiger partial charge in [0, 0.05) is 38.9 Å². The molecule has 0 aliphatic carbocycles. The molecule has 4 nitrogen and oxygen atoms in total. The van der Waals surface area contributed by atoms with Gasteiger partial charge in [-0.2, -0.15) is 0 Å². The molecule has 0 spiro atoms. The van der Waals surface area contributed by atoms with Crippen molar-refractivity contribution in [1.29, 1.82) is 0 Å². The topological polar surface area (TPSA) is 32.3 Å². The molecule has 4 rings (SSSR count). The number of fused-ring (bicyclic) bond motifs is 1. The highest BCUT2D eigenvalue weighted by atomic mass is 35.5. The SMILES string of the molecule is Cc1ccc(Cl)c2sc(N3CCN(Cc4ccc(Cl)nc4)CC3)nc12. The van der Waals surface area contributed by atoms with Crippen molar-refractivity contribution >= 4 is 49.9 Å². The number of nitrogens with zero attached hydrogens (tertiary/aromatic N) is 4. The van der Waals surface area contributed by atoms with Crippen LogP contribution in [0.4, 0.5) is 5.13 Å². The van der Waals surface area contributed by atoms with Gasteiger partial charge in [0.2, 0.25) is 0 Å². The average Bonchev–Trinajstić information content (AvgIpc) is 3.08. The molecule has 7 heteroatoms. The number of aromatic nitrogens is 2. The van der Waals surface area contributed by atoms with Gasteiger partial charge in [0.1, 0.15) is 5.15 Å². The van der Waals surface area contributed by atoms with Crippen LogP contribution in [0.5, 0.6) is 0 Å². The zero-order valence-corrected chi connectivity index (χ0v) is 16.2. The average molecular weight is 393 g/mol. The third-order valence-corrected chi connectivity index (χ3v) is 6.32. The van der Waals surface area contributed by atoms with E-state index in [2.05, 4.69) is 21.7 Å². The van der Waals surface area contributed by atoms with Crippen LogP contribution in [0.25, 0.3) is 10.2 Å². The molecule has 3 aromatic rings. The monoisotopic (exact) mass is 392 g/mol. The van der Waals surface area contributed by atoms with E-state index < -0.39 is 0 Å². The van der Waals surface area contributed by atoms with E-state index in [1.807, 2.05) is 30.5 Å². The number of aryl methyl sites for hydroxylation is 1. The zero-order valence-electron chi connectivity index (χ0n) is 13.9. The van der Waals surface area contributed by atoms with Crippen LogP contribution in [0.3, 0.4) is 0 Å². The largest absolute Gasteiger partial charge is 0.345 e. The quantitative estimate of drug-likeness (QED) is 0.608. The normalized spacial score (nSPS) is 15.9. The van der Waals surface area contributed by atoms with E-state index in [0.29, 0.717) is 5.15 Å². The predicted molar refractivity (Wildman–Crippen MR) is 106 cm³/mol. The summed E-state index contributed by atoms with van der Waals surface area (Å²) >= 11 is 13.9. The van der Waals surface area contributed by atoms with E-state index >= 15 is 0 Å². The Morgan fingerprint density at radius 1 is 1.08 bits per heavy atom. The molecule has 1 aromatic carbocycles. The molecule has 1 aliphatic rings. The summed E-state index contributed by atoms with van der Waals surface area (Å²) in [5.41, 5.74) is 3.40. The molecule has 1 fully saturated rings. The molecule has 2 aromatic heterocycles. The molecule has 1 aliphatic heterocycles. The molecule has 130 valence electrons. The summed E-state index contributed by atoms with van der Waals surface area (Å²) in [5.74, 6) is 0. The predicted octanol–water partition coefficient (Wildman–Crippen LogP) is 4.63. The van der Waals surface area contributed by atoms with Gasteiger partial charge in [-0.25, -0.2) is 9.97 Å². The van der Waals surface area contributed by atoms with E-state index in [0.717, 1.165) is 53.1 Å². The highest BCUT2D eigenvalue weighted by molar-refractivity contribution is 7.22. The lowest BCUT2D eigenvalue weighted by Gasteiger charge is -2.34. The van der Waals surface area contributed by atoms with Gasteiger partial charge in [-0.1, -0.05) is 46.7 Å². The first-order chi connectivity index (χ1) is 12.1.